The number of hydrogen-bond donors (Lipinski definition) is 0. The van der Waals surface area contributed by atoms with Crippen molar-refractivity contribution in [1.82, 2.24) is 0 Å². The van der Waals surface area contributed by atoms with Gasteiger partial charge in [0.2, 0.25) is 0 Å². The first-order valence-corrected chi connectivity index (χ1v) is 0. The standard InChI is InChI=1S/K.Mn.3H2O.O/h;;3*1H2;/q+1;;;;;-2/p-3. The SMILES string of the molecule is [K+].[Mn].[O-2].[OH-].[OH-].[OH-]. The molecule has 1 radical (unpaired) electrons. The molecule has 6 heteroatoms. The summed E-state index contributed by atoms with van der Waals surface area (Å²) in [6, 6.07) is 0. The zero-order valence-corrected chi connectivity index (χ0v) is 7.43. The summed E-state index contributed by atoms with van der Waals surface area (Å²) in [6.07, 6.45) is 0. The molecule has 0 saturated carbocycles. The van der Waals surface area contributed by atoms with E-state index >= 15 is 0 Å². The van der Waals surface area contributed by atoms with Crippen LogP contribution in [-0.2, 0) is 22.5 Å². The first-order chi connectivity index (χ1) is 0. The van der Waals surface area contributed by atoms with E-state index in [0.717, 1.165) is 0 Å². The van der Waals surface area contributed by atoms with Gasteiger partial charge in [-0.05, 0) is 0 Å². The zero-order chi connectivity index (χ0) is 0. The molecule has 0 saturated heterocycles. The Bertz CT molecular complexity index is 7.51. The van der Waals surface area contributed by atoms with Gasteiger partial charge in [0.25, 0.3) is 0 Å². The smallest absolute Gasteiger partial charge is 1.00 e. The molecule has 39 valence electrons. The summed E-state index contributed by atoms with van der Waals surface area (Å²) in [5.41, 5.74) is 0. The van der Waals surface area contributed by atoms with Gasteiger partial charge in [0.1, 0.15) is 0 Å². The van der Waals surface area contributed by atoms with Crippen LogP contribution < -0.4 is 51.4 Å². The van der Waals surface area contributed by atoms with E-state index in [1.165, 1.54) is 0 Å². The second-order valence-electron chi connectivity index (χ2n) is 0. The maximum absolute atomic E-state index is 0. The monoisotopic (exact) mass is 161 g/mol. The van der Waals surface area contributed by atoms with Gasteiger partial charge < -0.3 is 21.9 Å². The molecule has 0 aliphatic rings. The second kappa shape index (κ2) is 63.1. The van der Waals surface area contributed by atoms with Crippen LogP contribution in [0.5, 0.6) is 0 Å². The van der Waals surface area contributed by atoms with Crippen molar-refractivity contribution in [1.29, 1.82) is 0 Å². The fourth-order valence-corrected chi connectivity index (χ4v) is 0. The summed E-state index contributed by atoms with van der Waals surface area (Å²) in [5, 5.41) is 0. The Morgan fingerprint density at radius 3 is 0.667 bits per heavy atom. The topological polar surface area (TPSA) is 118 Å². The molecule has 0 spiro atoms. The molecule has 0 atom stereocenters. The minimum Gasteiger partial charge on any atom is -2.00 e. The quantitative estimate of drug-likeness (QED) is 0.340. The summed E-state index contributed by atoms with van der Waals surface area (Å²) in [7, 11) is 0. The van der Waals surface area contributed by atoms with E-state index in [0.29, 0.717) is 0 Å². The average molecular weight is 161 g/mol. The van der Waals surface area contributed by atoms with Crippen LogP contribution in [0.1, 0.15) is 0 Å². The molecule has 0 aromatic heterocycles. The van der Waals surface area contributed by atoms with E-state index < -0.39 is 0 Å². The van der Waals surface area contributed by atoms with Gasteiger partial charge in [-0.3, -0.25) is 0 Å². The molecule has 6 heavy (non-hydrogen) atoms. The van der Waals surface area contributed by atoms with E-state index in [1.807, 2.05) is 0 Å². The molecule has 0 aliphatic heterocycles. The van der Waals surface area contributed by atoms with Gasteiger partial charge >= 0.3 is 51.4 Å². The van der Waals surface area contributed by atoms with Crippen LogP contribution in [0.25, 0.3) is 0 Å². The maximum atomic E-state index is 0. The summed E-state index contributed by atoms with van der Waals surface area (Å²) < 4.78 is 0. The fourth-order valence-electron chi connectivity index (χ4n) is 0. The minimum absolute atomic E-state index is 0. The number of rotatable bonds is 0. The van der Waals surface area contributed by atoms with E-state index in [4.69, 9.17) is 0 Å². The Balaban J connectivity index is 0. The molecular formula is H3KMnO4-4. The molecule has 0 bridgehead atoms. The predicted molar refractivity (Wildman–Crippen MR) is 6.49 cm³/mol. The third-order valence-electron chi connectivity index (χ3n) is 0. The van der Waals surface area contributed by atoms with Gasteiger partial charge in [-0.15, -0.1) is 0 Å². The average Bonchev–Trinajstić information content (AvgIpc) is 0. The van der Waals surface area contributed by atoms with Crippen molar-refractivity contribution in [2.45, 2.75) is 0 Å². The molecule has 0 aromatic rings. The molecule has 0 unspecified atom stereocenters. The van der Waals surface area contributed by atoms with Crippen LogP contribution in [0.4, 0.5) is 0 Å². The van der Waals surface area contributed by atoms with Crippen molar-refractivity contribution in [2.24, 2.45) is 0 Å². The Morgan fingerprint density at radius 1 is 0.667 bits per heavy atom. The van der Waals surface area contributed by atoms with Crippen LogP contribution in [0, 0.1) is 0 Å². The van der Waals surface area contributed by atoms with Gasteiger partial charge in [-0.1, -0.05) is 0 Å². The van der Waals surface area contributed by atoms with Gasteiger partial charge in [-0.25, -0.2) is 0 Å². The normalized spacial score (nSPS) is 0. The van der Waals surface area contributed by atoms with Crippen molar-refractivity contribution in [2.75, 3.05) is 0 Å². The molecule has 0 aromatic carbocycles. The molecule has 3 N–H and O–H groups in total. The largest absolute Gasteiger partial charge is 2.00 e. The third-order valence-corrected chi connectivity index (χ3v) is 0. The van der Waals surface area contributed by atoms with Crippen molar-refractivity contribution < 1.29 is 90.4 Å². The molecule has 0 heterocycles. The molecular weight excluding hydrogens is 158 g/mol. The summed E-state index contributed by atoms with van der Waals surface area (Å²) in [4.78, 5) is 0. The van der Waals surface area contributed by atoms with Crippen LogP contribution in [0.3, 0.4) is 0 Å². The van der Waals surface area contributed by atoms with E-state index in [1.54, 1.807) is 0 Å². The van der Waals surface area contributed by atoms with Crippen LogP contribution in [-0.4, -0.2) is 16.4 Å². The molecule has 0 aliphatic carbocycles. The van der Waals surface area contributed by atoms with Crippen LogP contribution >= 0.6 is 0 Å². The number of hydrogen-bond acceptors (Lipinski definition) is 3. The van der Waals surface area contributed by atoms with Gasteiger partial charge in [-0.2, -0.15) is 0 Å². The van der Waals surface area contributed by atoms with E-state index in [-0.39, 0.29) is 90.4 Å². The van der Waals surface area contributed by atoms with Crippen LogP contribution in [0.15, 0.2) is 0 Å². The Labute approximate surface area is 88.8 Å². The molecule has 0 amide bonds. The first-order valence-electron chi connectivity index (χ1n) is 0. The minimum atomic E-state index is 0. The predicted octanol–water partition coefficient (Wildman–Crippen LogP) is -3.65. The van der Waals surface area contributed by atoms with E-state index in [2.05, 4.69) is 0 Å². The van der Waals surface area contributed by atoms with Crippen LogP contribution in [0.2, 0.25) is 0 Å². The van der Waals surface area contributed by atoms with Crippen molar-refractivity contribution >= 4 is 0 Å². The van der Waals surface area contributed by atoms with E-state index in [9.17, 15) is 0 Å². The zero-order valence-electron chi connectivity index (χ0n) is 3.13. The third kappa shape index (κ3) is 37.6. The van der Waals surface area contributed by atoms with Gasteiger partial charge in [0, 0.05) is 17.1 Å². The summed E-state index contributed by atoms with van der Waals surface area (Å²) in [6.45, 7) is 0. The molecule has 0 rings (SSSR count). The maximum Gasteiger partial charge on any atom is 1.00 e. The van der Waals surface area contributed by atoms with Gasteiger partial charge in [0.15, 0.2) is 0 Å². The Hall–Kier alpha value is 2.00. The van der Waals surface area contributed by atoms with Gasteiger partial charge in [0.05, 0.1) is 0 Å². The van der Waals surface area contributed by atoms with Crippen molar-refractivity contribution in [3.63, 3.8) is 0 Å². The van der Waals surface area contributed by atoms with Crippen molar-refractivity contribution in [3.05, 3.63) is 0 Å². The fraction of sp³-hybridized carbons (Fsp3) is 0. The second-order valence-corrected chi connectivity index (χ2v) is 0. The summed E-state index contributed by atoms with van der Waals surface area (Å²) in [5.74, 6) is 0. The first kappa shape index (κ1) is 98.2. The summed E-state index contributed by atoms with van der Waals surface area (Å²) >= 11 is 0. The Kier molecular flexibility index (Phi) is 1030. The molecule has 4 nitrogen and oxygen atoms in total. The van der Waals surface area contributed by atoms with Crippen molar-refractivity contribution in [3.8, 4) is 0 Å². The molecule has 0 fully saturated rings. The Morgan fingerprint density at radius 2 is 0.667 bits per heavy atom.